The van der Waals surface area contributed by atoms with Gasteiger partial charge in [-0.15, -0.1) is 0 Å². The van der Waals surface area contributed by atoms with E-state index >= 15 is 8.42 Å². The zero-order chi connectivity index (χ0) is 106. The van der Waals surface area contributed by atoms with E-state index in [0.717, 1.165) is 62.9 Å². The first-order valence-corrected chi connectivity index (χ1v) is 52.3. The number of rotatable bonds is 27. The Morgan fingerprint density at radius 1 is 0.443 bits per heavy atom. The van der Waals surface area contributed by atoms with Crippen LogP contribution in [0.1, 0.15) is 152 Å². The number of aromatic amines is 1. The molecular weight excluding hydrogens is 2070 g/mol. The lowest BCUT2D eigenvalue weighted by Crippen LogP contribution is -2.41. The normalized spacial score (nSPS) is 15.3. The van der Waals surface area contributed by atoms with E-state index in [1.807, 2.05) is 258 Å². The van der Waals surface area contributed by atoms with Crippen molar-refractivity contribution in [2.24, 2.45) is 20.9 Å². The van der Waals surface area contributed by atoms with Crippen LogP contribution in [0.15, 0.2) is 298 Å². The molecule has 1 saturated carbocycles. The zero-order valence-electron chi connectivity index (χ0n) is 85.4. The number of methoxy groups -OCH3 is 6. The zero-order valence-corrected chi connectivity index (χ0v) is 89.9. The minimum atomic E-state index is -4.32. The highest BCUT2D eigenvalue weighted by Crippen LogP contribution is 2.46. The molecule has 1 saturated heterocycles. The van der Waals surface area contributed by atoms with Gasteiger partial charge in [-0.3, -0.25) is 4.79 Å². The molecule has 0 radical (unpaired) electrons. The van der Waals surface area contributed by atoms with Crippen LogP contribution in [0.3, 0.4) is 0 Å². The maximum absolute atomic E-state index is 15.0. The van der Waals surface area contributed by atoms with Crippen molar-refractivity contribution in [2.45, 2.75) is 146 Å². The highest BCUT2D eigenvalue weighted by atomic mass is 127. The van der Waals surface area contributed by atoms with Crippen LogP contribution in [0.4, 0.5) is 17.5 Å². The topological polar surface area (TPSA) is 372 Å². The number of nitrogens with two attached hydrogens (primary N) is 1. The van der Waals surface area contributed by atoms with E-state index in [1.165, 1.54) is 55.0 Å². The van der Waals surface area contributed by atoms with Gasteiger partial charge >= 0.3 is 25.0 Å². The van der Waals surface area contributed by atoms with Gasteiger partial charge in [0.1, 0.15) is 53.9 Å². The number of hydrogen-bond acceptors (Lipinski definition) is 28. The van der Waals surface area contributed by atoms with Gasteiger partial charge in [0.05, 0.1) is 118 Å². The number of hydrogen-bond donors (Lipinski definition) is 2. The predicted molar refractivity (Wildman–Crippen MR) is 586 cm³/mol. The summed E-state index contributed by atoms with van der Waals surface area (Å²) in [5.41, 5.74) is 15.9. The highest BCUT2D eigenvalue weighted by Gasteiger charge is 2.53. The van der Waals surface area contributed by atoms with Gasteiger partial charge in [0, 0.05) is 100 Å². The molecular formula is C113H115BClIN12O19S2. The van der Waals surface area contributed by atoms with E-state index in [9.17, 15) is 27.6 Å². The van der Waals surface area contributed by atoms with Crippen molar-refractivity contribution >= 4 is 158 Å². The lowest BCUT2D eigenvalue weighted by atomic mass is 9.78. The second-order valence-corrected chi connectivity index (χ2v) is 43.9. The van der Waals surface area contributed by atoms with E-state index in [0.29, 0.717) is 146 Å². The van der Waals surface area contributed by atoms with E-state index < -0.39 is 45.1 Å². The monoisotopic (exact) mass is 2180 g/mol. The maximum Gasteiger partial charge on any atom is 0.498 e. The van der Waals surface area contributed by atoms with Crippen LogP contribution in [0.5, 0.6) is 17.2 Å². The first-order valence-electron chi connectivity index (χ1n) is 48.0. The Morgan fingerprint density at radius 3 is 1.16 bits per heavy atom. The molecule has 20 rings (SSSR count). The minimum absolute atomic E-state index is 0.0624. The molecule has 0 atom stereocenters. The van der Waals surface area contributed by atoms with Crippen LogP contribution < -0.4 is 35.2 Å². The largest absolute Gasteiger partial charge is 0.498 e. The maximum atomic E-state index is 15.0. The Labute approximate surface area is 884 Å². The van der Waals surface area contributed by atoms with Crippen LogP contribution >= 0.6 is 34.2 Å². The van der Waals surface area contributed by atoms with Crippen LogP contribution in [0, 0.1) is 9.62 Å². The summed E-state index contributed by atoms with van der Waals surface area (Å²) in [5.74, 6) is 3.09. The number of nitrogens with one attached hydrogen (secondary N) is 1. The van der Waals surface area contributed by atoms with Gasteiger partial charge < -0.3 is 72.5 Å². The quantitative estimate of drug-likeness (QED) is 0.0159. The average Bonchev–Trinajstić information content (AvgIpc) is 1.57. The molecule has 4 aliphatic heterocycles. The van der Waals surface area contributed by atoms with Crippen molar-refractivity contribution in [3.05, 3.63) is 333 Å². The third-order valence-corrected chi connectivity index (χ3v) is 30.6. The van der Waals surface area contributed by atoms with Gasteiger partial charge in [-0.25, -0.2) is 69.1 Å². The summed E-state index contributed by atoms with van der Waals surface area (Å²) in [7, 11) is -0.114. The molecule has 0 amide bonds. The third-order valence-electron chi connectivity index (χ3n) is 25.7. The number of carbonyl (C=O) groups is 4. The Hall–Kier alpha value is -14.8. The number of anilines is 3. The van der Waals surface area contributed by atoms with Crippen molar-refractivity contribution in [3.63, 3.8) is 0 Å². The van der Waals surface area contributed by atoms with Gasteiger partial charge in [-0.1, -0.05) is 164 Å². The smallest absolute Gasteiger partial charge is 0.497 e. The number of nitrogen functional groups attached to an aromatic ring is 1. The molecule has 10 heterocycles. The lowest BCUT2D eigenvalue weighted by Gasteiger charge is -2.32. The number of aliphatic imine (C=N–C) groups is 3. The Kier molecular flexibility index (Phi) is 32.1. The molecule has 3 N–H and O–H groups in total. The van der Waals surface area contributed by atoms with Gasteiger partial charge in [-0.2, -0.15) is 0 Å². The number of pyridine rings is 3. The third kappa shape index (κ3) is 23.8. The van der Waals surface area contributed by atoms with E-state index in [1.54, 1.807) is 99.1 Å². The number of aromatic nitrogens is 6. The summed E-state index contributed by atoms with van der Waals surface area (Å²) in [6.45, 7) is 23.6. The van der Waals surface area contributed by atoms with Crippen LogP contribution in [-0.2, 0) is 88.8 Å². The average molecular weight is 2180 g/mol. The number of nitrogens with zero attached hydrogens (tertiary/aromatic N) is 10. The molecule has 5 aliphatic rings. The number of ether oxygens (including phenoxy) is 9. The fourth-order valence-electron chi connectivity index (χ4n) is 17.2. The fraction of sp³-hybridized carbons (Fsp3) is 0.274. The van der Waals surface area contributed by atoms with Crippen molar-refractivity contribution < 1.29 is 88.0 Å². The summed E-state index contributed by atoms with van der Waals surface area (Å²) in [5, 5.41) is 1.29. The molecule has 36 heteroatoms. The first-order chi connectivity index (χ1) is 71.2. The van der Waals surface area contributed by atoms with Gasteiger partial charge in [-0.05, 0) is 230 Å². The summed E-state index contributed by atoms with van der Waals surface area (Å²) in [6.07, 6.45) is 6.36. The molecule has 149 heavy (non-hydrogen) atoms. The molecule has 9 aromatic carbocycles. The molecule has 2 fully saturated rings. The van der Waals surface area contributed by atoms with Crippen molar-refractivity contribution in [1.82, 2.24) is 27.9 Å². The molecule has 0 bridgehead atoms. The van der Waals surface area contributed by atoms with Crippen molar-refractivity contribution in [3.8, 4) is 39.8 Å². The second kappa shape index (κ2) is 44.7. The van der Waals surface area contributed by atoms with Crippen molar-refractivity contribution in [2.75, 3.05) is 78.0 Å². The van der Waals surface area contributed by atoms with Crippen LogP contribution in [0.2, 0.25) is 0 Å². The molecule has 1 aliphatic carbocycles. The van der Waals surface area contributed by atoms with Crippen LogP contribution in [-0.4, -0.2) is 183 Å². The molecule has 15 aromatic rings. The van der Waals surface area contributed by atoms with E-state index in [-0.39, 0.29) is 71.1 Å². The molecule has 0 spiro atoms. The molecule has 770 valence electrons. The van der Waals surface area contributed by atoms with Crippen LogP contribution in [0.25, 0.3) is 55.2 Å². The standard InChI is InChI=1S/C41H38N4O6S.C29H24IN3O4S.C21H22N4O4.C18H26BNO4.C4H5ClO/c1-41(2)27-51-39(43-41)30-20-21-32(36(22-30)49-3)35-23-33-34(40(46)50-4)24-42-38(37(33)45(35)52(47,48)31-18-12-7-13-19-31)44(25-28-14-8-5-9-15-28)26-29-16-10-6-11-17-29;1-37-29(34)25-18-31-28(32(19-21-11-5-2-6-12-21)20-22-13-7-3-8-14-22)27-24(25)17-26(30)33(27)38(35,36)23-15-9-4-10-16-23;1-21(2)10-29-19(25-21)11-5-6-12(16(7-11)27-3)15-8-13-14(20(26)28-4)9-23-18(22)17(13)24-15;1-16(2)11-22-15(20-16)12-8-9-13(14(10-12)21-7)19-23-17(3,4)18(5,6)24-19;5-4(6)3-1-2-3/h5-24H,25-27H2,1-4H3;2-18H,19-20H2,1H3;5-9,24H,10H2,1-4H3,(H2,22,23);8-10H,11H2,1-7H3;3H,1-2H2. The minimum Gasteiger partial charge on any atom is -0.497 e. The second-order valence-electron chi connectivity index (χ2n) is 38.8. The fourth-order valence-corrected chi connectivity index (χ4v) is 21.7. The number of carbonyl (C=O) groups excluding carboxylic acids is 4. The SMILES string of the molecule is COC(=O)c1cnc(N(Cc2ccccc2)Cc2ccccc2)c2c1cc(-c1ccc(C3=NC(C)(C)CO3)cc1OC)n2S(=O)(=O)c1ccccc1.COC(=O)c1cnc(N(Cc2ccccc2)Cc2ccccc2)c2c1cc(I)n2S(=O)(=O)c1ccccc1.COC(=O)c1cnc(N)c2[nH]c(-c3ccc(C4=NC(C)(C)CO4)cc3OC)cc12.COc1cc(C2=NC(C)(C)CO2)ccc1B1OC(C)(C)C(C)(C)O1.O=C(Cl)C1CC1. The number of H-pyrrole nitrogens is 1. The molecule has 31 nitrogen and oxygen atoms in total. The van der Waals surface area contributed by atoms with Crippen molar-refractivity contribution in [1.29, 1.82) is 0 Å². The lowest BCUT2D eigenvalue weighted by molar-refractivity contribution is -0.112. The first kappa shape index (κ1) is 107. The number of fused-ring (bicyclic) bond motifs is 3. The van der Waals surface area contributed by atoms with Gasteiger partial charge in [0.2, 0.25) is 22.9 Å². The highest BCUT2D eigenvalue weighted by molar-refractivity contribution is 14.1. The Balaban J connectivity index is 0.000000144. The summed E-state index contributed by atoms with van der Waals surface area (Å²) < 4.78 is 123. The Morgan fingerprint density at radius 2 is 0.792 bits per heavy atom. The number of benzene rings is 9. The number of halogens is 2. The van der Waals surface area contributed by atoms with E-state index in [4.69, 9.17) is 79.3 Å². The number of esters is 3. The summed E-state index contributed by atoms with van der Waals surface area (Å²) in [4.78, 5) is 83.1. The summed E-state index contributed by atoms with van der Waals surface area (Å²) in [6, 6.07) is 78.2. The predicted octanol–water partition coefficient (Wildman–Crippen LogP) is 20.2. The molecule has 0 unspecified atom stereocenters. The van der Waals surface area contributed by atoms with Gasteiger partial charge in [0.25, 0.3) is 20.0 Å². The summed E-state index contributed by atoms with van der Waals surface area (Å²) >= 11 is 7.03. The molecule has 6 aromatic heterocycles. The Bertz CT molecular complexity index is 7750. The van der Waals surface area contributed by atoms with Gasteiger partial charge in [0.15, 0.2) is 11.6 Å². The van der Waals surface area contributed by atoms with E-state index in [2.05, 4.69) is 38.8 Å².